The van der Waals surface area contributed by atoms with Gasteiger partial charge in [0.15, 0.2) is 0 Å². The van der Waals surface area contributed by atoms with Crippen molar-refractivity contribution in [3.05, 3.63) is 35.9 Å². The first-order valence-corrected chi connectivity index (χ1v) is 14.1. The third kappa shape index (κ3) is 8.09. The van der Waals surface area contributed by atoms with Gasteiger partial charge in [-0.15, -0.1) is 0 Å². The predicted molar refractivity (Wildman–Crippen MR) is 144 cm³/mol. The lowest BCUT2D eigenvalue weighted by Crippen LogP contribution is -2.52. The number of hydrogen-bond donors (Lipinski definition) is 0. The molecule has 0 radical (unpaired) electrons. The Morgan fingerprint density at radius 3 is 1.95 bits per heavy atom. The zero-order chi connectivity index (χ0) is 27.1. The van der Waals surface area contributed by atoms with Crippen molar-refractivity contribution in [3.63, 3.8) is 0 Å². The molecule has 0 atom stereocenters. The summed E-state index contributed by atoms with van der Waals surface area (Å²) in [5, 5.41) is 0. The summed E-state index contributed by atoms with van der Waals surface area (Å²) >= 11 is 0. The molecule has 0 spiro atoms. The molecule has 3 heterocycles. The van der Waals surface area contributed by atoms with E-state index in [4.69, 9.17) is 9.47 Å². The van der Waals surface area contributed by atoms with E-state index in [2.05, 4.69) is 4.90 Å². The Balaban J connectivity index is 1.11. The summed E-state index contributed by atoms with van der Waals surface area (Å²) < 4.78 is 10.9. The lowest BCUT2D eigenvalue weighted by molar-refractivity contribution is -0.138. The van der Waals surface area contributed by atoms with Crippen molar-refractivity contribution in [2.45, 2.75) is 58.7 Å². The molecule has 3 aliphatic rings. The molecule has 3 amide bonds. The number of nitrogens with zero attached hydrogens (tertiary/aromatic N) is 4. The number of benzene rings is 1. The van der Waals surface area contributed by atoms with Crippen molar-refractivity contribution < 1.29 is 23.9 Å². The van der Waals surface area contributed by atoms with Crippen LogP contribution in [0, 0.1) is 11.8 Å². The molecule has 0 N–H and O–H groups in total. The highest BCUT2D eigenvalue weighted by molar-refractivity contribution is 5.79. The Hall–Kier alpha value is -2.81. The third-order valence-electron chi connectivity index (χ3n) is 7.77. The van der Waals surface area contributed by atoms with Crippen LogP contribution in [-0.4, -0.2) is 102 Å². The SMILES string of the molecule is CC(C)(C)OC(=O)N1CCN(CC2CCN(C(=O)C3CCN(C(=O)OCc4ccccc4)CC3)CC2)CC1. The molecule has 0 bridgehead atoms. The van der Waals surface area contributed by atoms with Gasteiger partial charge in [-0.3, -0.25) is 9.69 Å². The summed E-state index contributed by atoms with van der Waals surface area (Å²) in [4.78, 5) is 45.9. The van der Waals surface area contributed by atoms with Crippen LogP contribution in [0.4, 0.5) is 9.59 Å². The number of ether oxygens (including phenoxy) is 2. The monoisotopic (exact) mass is 528 g/mol. The quantitative estimate of drug-likeness (QED) is 0.578. The van der Waals surface area contributed by atoms with Crippen LogP contribution in [0.1, 0.15) is 52.0 Å². The zero-order valence-electron chi connectivity index (χ0n) is 23.3. The number of carbonyl (C=O) groups excluding carboxylic acids is 3. The largest absolute Gasteiger partial charge is 0.445 e. The Morgan fingerprint density at radius 2 is 1.34 bits per heavy atom. The van der Waals surface area contributed by atoms with Crippen LogP contribution in [0.2, 0.25) is 0 Å². The van der Waals surface area contributed by atoms with Crippen LogP contribution in [0.3, 0.4) is 0 Å². The van der Waals surface area contributed by atoms with E-state index in [0.29, 0.717) is 44.9 Å². The van der Waals surface area contributed by atoms with E-state index in [0.717, 1.165) is 51.1 Å². The average Bonchev–Trinajstić information content (AvgIpc) is 2.92. The number of hydrogen-bond acceptors (Lipinski definition) is 6. The Morgan fingerprint density at radius 1 is 0.763 bits per heavy atom. The number of piperazine rings is 1. The Labute approximate surface area is 227 Å². The summed E-state index contributed by atoms with van der Waals surface area (Å²) in [5.74, 6) is 0.811. The molecule has 9 heteroatoms. The maximum atomic E-state index is 13.2. The average molecular weight is 529 g/mol. The van der Waals surface area contributed by atoms with E-state index in [9.17, 15) is 14.4 Å². The maximum Gasteiger partial charge on any atom is 0.410 e. The molecule has 0 aliphatic carbocycles. The highest BCUT2D eigenvalue weighted by atomic mass is 16.6. The van der Waals surface area contributed by atoms with Crippen LogP contribution >= 0.6 is 0 Å². The second-order valence-corrected chi connectivity index (χ2v) is 11.8. The number of rotatable bonds is 5. The Kier molecular flexibility index (Phi) is 9.52. The van der Waals surface area contributed by atoms with Crippen LogP contribution in [-0.2, 0) is 20.9 Å². The molecule has 9 nitrogen and oxygen atoms in total. The van der Waals surface area contributed by atoms with E-state index < -0.39 is 5.60 Å². The number of amides is 3. The molecular weight excluding hydrogens is 484 g/mol. The molecular formula is C29H44N4O5. The van der Waals surface area contributed by atoms with E-state index in [-0.39, 0.29) is 30.6 Å². The fourth-order valence-electron chi connectivity index (χ4n) is 5.52. The van der Waals surface area contributed by atoms with Gasteiger partial charge in [-0.1, -0.05) is 30.3 Å². The van der Waals surface area contributed by atoms with Gasteiger partial charge in [0.05, 0.1) is 0 Å². The van der Waals surface area contributed by atoms with E-state index in [1.54, 1.807) is 9.80 Å². The van der Waals surface area contributed by atoms with Crippen molar-refractivity contribution in [1.82, 2.24) is 19.6 Å². The maximum absolute atomic E-state index is 13.2. The predicted octanol–water partition coefficient (Wildman–Crippen LogP) is 3.83. The fourth-order valence-corrected chi connectivity index (χ4v) is 5.52. The molecule has 4 rings (SSSR count). The van der Waals surface area contributed by atoms with Crippen molar-refractivity contribution in [3.8, 4) is 0 Å². The zero-order valence-corrected chi connectivity index (χ0v) is 23.3. The molecule has 1 aromatic carbocycles. The summed E-state index contributed by atoms with van der Waals surface area (Å²) in [5.41, 5.74) is 0.503. The van der Waals surface area contributed by atoms with E-state index in [1.165, 1.54) is 0 Å². The van der Waals surface area contributed by atoms with Gasteiger partial charge in [0.1, 0.15) is 12.2 Å². The Bertz CT molecular complexity index is 926. The lowest BCUT2D eigenvalue weighted by Gasteiger charge is -2.40. The molecule has 0 aromatic heterocycles. The third-order valence-corrected chi connectivity index (χ3v) is 7.77. The van der Waals surface area contributed by atoms with Gasteiger partial charge < -0.3 is 24.2 Å². The van der Waals surface area contributed by atoms with Crippen LogP contribution in [0.25, 0.3) is 0 Å². The minimum absolute atomic E-state index is 0.00865. The van der Waals surface area contributed by atoms with Gasteiger partial charge in [0.25, 0.3) is 0 Å². The molecule has 210 valence electrons. The van der Waals surface area contributed by atoms with Crippen molar-refractivity contribution in [2.24, 2.45) is 11.8 Å². The van der Waals surface area contributed by atoms with Crippen LogP contribution in [0.5, 0.6) is 0 Å². The van der Waals surface area contributed by atoms with Crippen molar-refractivity contribution in [2.75, 3.05) is 58.9 Å². The second-order valence-electron chi connectivity index (χ2n) is 11.8. The second kappa shape index (κ2) is 12.8. The molecule has 0 saturated carbocycles. The van der Waals surface area contributed by atoms with E-state index >= 15 is 0 Å². The van der Waals surface area contributed by atoms with Gasteiger partial charge in [0.2, 0.25) is 5.91 Å². The van der Waals surface area contributed by atoms with Gasteiger partial charge in [-0.25, -0.2) is 9.59 Å². The molecule has 0 unspecified atom stereocenters. The first-order valence-electron chi connectivity index (χ1n) is 14.1. The minimum atomic E-state index is -0.467. The van der Waals surface area contributed by atoms with E-state index in [1.807, 2.05) is 56.0 Å². The van der Waals surface area contributed by atoms with Crippen molar-refractivity contribution >= 4 is 18.1 Å². The lowest BCUT2D eigenvalue weighted by atomic mass is 9.92. The minimum Gasteiger partial charge on any atom is -0.445 e. The van der Waals surface area contributed by atoms with Gasteiger partial charge in [-0.05, 0) is 57.9 Å². The van der Waals surface area contributed by atoms with Gasteiger partial charge >= 0.3 is 12.2 Å². The topological polar surface area (TPSA) is 82.6 Å². The number of piperidine rings is 2. The first-order chi connectivity index (χ1) is 18.2. The van der Waals surface area contributed by atoms with Gasteiger partial charge in [-0.2, -0.15) is 0 Å². The number of carbonyl (C=O) groups is 3. The first kappa shape index (κ1) is 28.2. The summed E-state index contributed by atoms with van der Waals surface area (Å²) in [6.07, 6.45) is 2.90. The normalized spacial score (nSPS) is 20.3. The standard InChI is InChI=1S/C29H44N4O5/c1-29(2,3)38-28(36)33-19-17-30(18-20-33)21-23-9-13-31(14-10-23)26(34)25-11-15-32(16-12-25)27(35)37-22-24-7-5-4-6-8-24/h4-8,23,25H,9-22H2,1-3H3. The number of likely N-dealkylation sites (tertiary alicyclic amines) is 2. The molecule has 1 aromatic rings. The summed E-state index contributed by atoms with van der Waals surface area (Å²) in [6, 6.07) is 9.67. The fraction of sp³-hybridized carbons (Fsp3) is 0.690. The van der Waals surface area contributed by atoms with Crippen LogP contribution < -0.4 is 0 Å². The molecule has 3 saturated heterocycles. The van der Waals surface area contributed by atoms with Gasteiger partial charge in [0, 0.05) is 64.8 Å². The summed E-state index contributed by atoms with van der Waals surface area (Å²) in [7, 11) is 0. The molecule has 3 fully saturated rings. The van der Waals surface area contributed by atoms with Crippen molar-refractivity contribution in [1.29, 1.82) is 0 Å². The van der Waals surface area contributed by atoms with Crippen LogP contribution in [0.15, 0.2) is 30.3 Å². The smallest absolute Gasteiger partial charge is 0.410 e. The highest BCUT2D eigenvalue weighted by Gasteiger charge is 2.33. The molecule has 38 heavy (non-hydrogen) atoms. The molecule has 3 aliphatic heterocycles. The highest BCUT2D eigenvalue weighted by Crippen LogP contribution is 2.25. The summed E-state index contributed by atoms with van der Waals surface area (Å²) in [6.45, 7) is 12.8.